The van der Waals surface area contributed by atoms with Crippen LogP contribution in [0.3, 0.4) is 0 Å². The SMILES string of the molecule is BC(B)(B)Oc1cc(OC(F)(F)F)ccc1Oc1cc(OC(F)(F)F)cc(F)c1C(=O)O. The number of carbonyl (C=O) groups is 1. The zero-order valence-corrected chi connectivity index (χ0v) is 16.5. The largest absolute Gasteiger partial charge is 0.573 e. The summed E-state index contributed by atoms with van der Waals surface area (Å²) in [5.41, 5.74) is -1.14. The van der Waals surface area contributed by atoms with Gasteiger partial charge < -0.3 is 24.1 Å². The summed E-state index contributed by atoms with van der Waals surface area (Å²) in [6, 6.07) is 3.08. The van der Waals surface area contributed by atoms with Gasteiger partial charge in [0.25, 0.3) is 0 Å². The summed E-state index contributed by atoms with van der Waals surface area (Å²) in [6.45, 7) is 0. The van der Waals surface area contributed by atoms with Crippen LogP contribution in [0.15, 0.2) is 30.3 Å². The van der Waals surface area contributed by atoms with Crippen molar-refractivity contribution in [1.29, 1.82) is 0 Å². The molecule has 0 bridgehead atoms. The molecule has 16 heteroatoms. The fraction of sp³-hybridized carbons (Fsp3) is 0.188. The average molecular weight is 466 g/mol. The molecule has 0 heterocycles. The number of ether oxygens (including phenoxy) is 4. The quantitative estimate of drug-likeness (QED) is 0.498. The van der Waals surface area contributed by atoms with Crippen molar-refractivity contribution in [2.75, 3.05) is 0 Å². The Hall–Kier alpha value is -3.19. The summed E-state index contributed by atoms with van der Waals surface area (Å²) in [5.74, 6) is -7.07. The van der Waals surface area contributed by atoms with E-state index in [1.807, 2.05) is 0 Å². The van der Waals surface area contributed by atoms with Crippen molar-refractivity contribution in [1.82, 2.24) is 0 Å². The third-order valence-electron chi connectivity index (χ3n) is 3.26. The fourth-order valence-electron chi connectivity index (χ4n) is 2.34. The van der Waals surface area contributed by atoms with Crippen molar-refractivity contribution in [3.63, 3.8) is 0 Å². The molecule has 32 heavy (non-hydrogen) atoms. The van der Waals surface area contributed by atoms with Crippen LogP contribution < -0.4 is 18.9 Å². The molecule has 0 aliphatic carbocycles. The molecule has 0 saturated carbocycles. The van der Waals surface area contributed by atoms with Crippen molar-refractivity contribution in [2.45, 2.75) is 18.0 Å². The molecule has 2 rings (SSSR count). The molecule has 0 unspecified atom stereocenters. The second-order valence-electron chi connectivity index (χ2n) is 7.10. The molecule has 6 nitrogen and oxygen atoms in total. The van der Waals surface area contributed by atoms with Gasteiger partial charge in [0.2, 0.25) is 0 Å². The lowest BCUT2D eigenvalue weighted by Gasteiger charge is -2.24. The highest BCUT2D eigenvalue weighted by Gasteiger charge is 2.34. The summed E-state index contributed by atoms with van der Waals surface area (Å²) < 4.78 is 107. The van der Waals surface area contributed by atoms with Gasteiger partial charge in [-0.05, 0) is 12.1 Å². The van der Waals surface area contributed by atoms with Gasteiger partial charge in [0.1, 0.15) is 52.2 Å². The lowest BCUT2D eigenvalue weighted by molar-refractivity contribution is -0.275. The average Bonchev–Trinajstić information content (AvgIpc) is 2.51. The predicted octanol–water partition coefficient (Wildman–Crippen LogP) is 2.00. The number of alkyl halides is 6. The van der Waals surface area contributed by atoms with Crippen molar-refractivity contribution >= 4 is 29.5 Å². The topological polar surface area (TPSA) is 74.2 Å². The molecule has 0 spiro atoms. The molecule has 0 aliphatic heterocycles. The van der Waals surface area contributed by atoms with Gasteiger partial charge in [-0.1, -0.05) is 0 Å². The molecule has 0 radical (unpaired) electrons. The van der Waals surface area contributed by atoms with E-state index in [9.17, 15) is 40.6 Å². The number of benzene rings is 2. The Morgan fingerprint density at radius 3 is 1.81 bits per heavy atom. The number of rotatable bonds is 7. The van der Waals surface area contributed by atoms with E-state index in [1.165, 1.54) is 23.5 Å². The minimum absolute atomic E-state index is 0.191. The highest BCUT2D eigenvalue weighted by atomic mass is 19.4. The molecule has 0 aliphatic rings. The number of carboxylic acids is 1. The first-order valence-corrected chi connectivity index (χ1v) is 8.53. The summed E-state index contributed by atoms with van der Waals surface area (Å²) in [5, 5.41) is 8.21. The van der Waals surface area contributed by atoms with E-state index in [0.29, 0.717) is 6.07 Å². The number of halogens is 7. The van der Waals surface area contributed by atoms with Gasteiger partial charge in [0.05, 0.1) is 0 Å². The Morgan fingerprint density at radius 1 is 0.781 bits per heavy atom. The maximum Gasteiger partial charge on any atom is 0.573 e. The molecule has 0 amide bonds. The predicted molar refractivity (Wildman–Crippen MR) is 102 cm³/mol. The van der Waals surface area contributed by atoms with Crippen LogP contribution >= 0.6 is 0 Å². The summed E-state index contributed by atoms with van der Waals surface area (Å²) in [6.07, 6.45) is -10.3. The van der Waals surface area contributed by atoms with Crippen molar-refractivity contribution in [3.8, 4) is 28.7 Å². The van der Waals surface area contributed by atoms with Crippen LogP contribution in [0.2, 0.25) is 0 Å². The Kier molecular flexibility index (Phi) is 6.86. The van der Waals surface area contributed by atoms with Crippen LogP contribution in [-0.4, -0.2) is 52.6 Å². The molecular weight excluding hydrogens is 454 g/mol. The third kappa shape index (κ3) is 7.50. The van der Waals surface area contributed by atoms with Crippen molar-refractivity contribution < 1.29 is 59.6 Å². The lowest BCUT2D eigenvalue weighted by Crippen LogP contribution is -2.37. The first kappa shape index (κ1) is 25.1. The highest BCUT2D eigenvalue weighted by molar-refractivity contribution is 6.58. The maximum absolute atomic E-state index is 14.2. The maximum atomic E-state index is 14.2. The smallest absolute Gasteiger partial charge is 0.510 e. The van der Waals surface area contributed by atoms with Gasteiger partial charge in [-0.15, -0.1) is 26.3 Å². The molecule has 170 valence electrons. The minimum Gasteiger partial charge on any atom is -0.510 e. The van der Waals surface area contributed by atoms with Gasteiger partial charge in [0.15, 0.2) is 11.5 Å². The Morgan fingerprint density at radius 2 is 1.31 bits per heavy atom. The van der Waals surface area contributed by atoms with Gasteiger partial charge in [0, 0.05) is 23.5 Å². The summed E-state index contributed by atoms with van der Waals surface area (Å²) in [4.78, 5) is 11.4. The van der Waals surface area contributed by atoms with Crippen LogP contribution in [0.5, 0.6) is 28.7 Å². The van der Waals surface area contributed by atoms with Crippen LogP contribution in [0.1, 0.15) is 10.4 Å². The van der Waals surface area contributed by atoms with Gasteiger partial charge in [-0.3, -0.25) is 0 Å². The molecule has 1 N–H and O–H groups in total. The van der Waals surface area contributed by atoms with Crippen molar-refractivity contribution in [3.05, 3.63) is 41.7 Å². The normalized spacial score (nSPS) is 12.2. The molecule has 0 saturated heterocycles. The van der Waals surface area contributed by atoms with E-state index in [2.05, 4.69) is 9.47 Å². The zero-order chi connectivity index (χ0) is 24.5. The second kappa shape index (κ2) is 8.75. The van der Waals surface area contributed by atoms with E-state index in [1.54, 1.807) is 0 Å². The van der Waals surface area contributed by atoms with E-state index >= 15 is 0 Å². The fourth-order valence-corrected chi connectivity index (χ4v) is 2.34. The van der Waals surface area contributed by atoms with E-state index in [-0.39, 0.29) is 6.07 Å². The zero-order valence-electron chi connectivity index (χ0n) is 16.5. The van der Waals surface area contributed by atoms with Crippen LogP contribution in [0.25, 0.3) is 0 Å². The highest BCUT2D eigenvalue weighted by Crippen LogP contribution is 2.40. The third-order valence-corrected chi connectivity index (χ3v) is 3.26. The Bertz CT molecular complexity index is 1010. The first-order valence-electron chi connectivity index (χ1n) is 8.53. The molecule has 2 aromatic carbocycles. The molecule has 0 fully saturated rings. The van der Waals surface area contributed by atoms with E-state index < -0.39 is 64.1 Å². The minimum atomic E-state index is -5.22. The number of carboxylic acid groups (broad SMARTS) is 1. The number of hydrogen-bond donors (Lipinski definition) is 1. The monoisotopic (exact) mass is 466 g/mol. The molecule has 0 aromatic heterocycles. The molecule has 2 aromatic rings. The van der Waals surface area contributed by atoms with E-state index in [4.69, 9.17) is 9.47 Å². The lowest BCUT2D eigenvalue weighted by atomic mass is 9.52. The Balaban J connectivity index is 2.57. The molecular formula is C16H12B3F7O6. The Labute approximate surface area is 178 Å². The summed E-state index contributed by atoms with van der Waals surface area (Å²) in [7, 11) is 4.57. The molecule has 0 atom stereocenters. The second-order valence-corrected chi connectivity index (χ2v) is 7.10. The van der Waals surface area contributed by atoms with Crippen LogP contribution in [0, 0.1) is 5.82 Å². The van der Waals surface area contributed by atoms with Crippen LogP contribution in [0.4, 0.5) is 30.7 Å². The van der Waals surface area contributed by atoms with Gasteiger partial charge >= 0.3 is 18.7 Å². The standard InChI is InChI=1S/C16H12B3F7O6/c17-14(18,19)32-10-4-6(30-15(21,22)23)1-2-9(10)29-11-5-7(31-16(24,25)26)3-8(20)12(11)13(27)28/h1-5H,17-19H2,(H,27,28). The van der Waals surface area contributed by atoms with Gasteiger partial charge in [-0.25, -0.2) is 9.18 Å². The number of hydrogen-bond acceptors (Lipinski definition) is 5. The van der Waals surface area contributed by atoms with Crippen LogP contribution in [-0.2, 0) is 0 Å². The number of aromatic carboxylic acids is 1. The van der Waals surface area contributed by atoms with Crippen molar-refractivity contribution in [2.24, 2.45) is 0 Å². The van der Waals surface area contributed by atoms with E-state index in [0.717, 1.165) is 18.2 Å². The van der Waals surface area contributed by atoms with Gasteiger partial charge in [-0.2, -0.15) is 0 Å². The first-order chi connectivity index (χ1) is 14.4. The summed E-state index contributed by atoms with van der Waals surface area (Å²) >= 11 is 0.